The summed E-state index contributed by atoms with van der Waals surface area (Å²) in [6, 6.07) is 10.5. The van der Waals surface area contributed by atoms with Crippen LogP contribution >= 0.6 is 11.6 Å². The Bertz CT molecular complexity index is 986. The van der Waals surface area contributed by atoms with Crippen molar-refractivity contribution in [2.24, 2.45) is 5.92 Å². The lowest BCUT2D eigenvalue weighted by molar-refractivity contribution is 0.212. The number of amides is 2. The summed E-state index contributed by atoms with van der Waals surface area (Å²) in [4.78, 5) is 18.4. The third-order valence-corrected chi connectivity index (χ3v) is 8.22. The molecule has 154 valence electrons. The molecule has 0 spiro atoms. The molecule has 1 aromatic heterocycles. The summed E-state index contributed by atoms with van der Waals surface area (Å²) in [6.07, 6.45) is 4.48. The summed E-state index contributed by atoms with van der Waals surface area (Å²) in [5, 5.41) is 2.95. The van der Waals surface area contributed by atoms with Crippen LogP contribution in [0.1, 0.15) is 18.4 Å². The van der Waals surface area contributed by atoms with Crippen molar-refractivity contribution < 1.29 is 13.2 Å². The van der Waals surface area contributed by atoms with E-state index in [0.717, 1.165) is 5.56 Å². The lowest BCUT2D eigenvalue weighted by Crippen LogP contribution is -2.37. The first-order chi connectivity index (χ1) is 13.9. The van der Waals surface area contributed by atoms with Crippen LogP contribution in [-0.4, -0.2) is 53.5 Å². The molecule has 2 aliphatic heterocycles. The van der Waals surface area contributed by atoms with Gasteiger partial charge >= 0.3 is 6.03 Å². The maximum Gasteiger partial charge on any atom is 0.321 e. The van der Waals surface area contributed by atoms with Gasteiger partial charge in [-0.25, -0.2) is 13.2 Å². The van der Waals surface area contributed by atoms with E-state index < -0.39 is 15.3 Å². The molecular formula is C20H23ClN4O3S. The number of urea groups is 1. The van der Waals surface area contributed by atoms with Gasteiger partial charge in [-0.2, -0.15) is 4.31 Å². The van der Waals surface area contributed by atoms with Crippen LogP contribution in [0.4, 0.5) is 10.5 Å². The number of carbonyl (C=O) groups excluding carboxylic acids is 1. The van der Waals surface area contributed by atoms with Crippen molar-refractivity contribution in [3.63, 3.8) is 0 Å². The average molecular weight is 435 g/mol. The summed E-state index contributed by atoms with van der Waals surface area (Å²) in [5.74, 6) is 0.0284. The van der Waals surface area contributed by atoms with Crippen molar-refractivity contribution >= 4 is 33.3 Å². The first-order valence-electron chi connectivity index (χ1n) is 9.63. The van der Waals surface area contributed by atoms with E-state index in [1.807, 2.05) is 12.1 Å². The Morgan fingerprint density at radius 2 is 2.03 bits per heavy atom. The fourth-order valence-corrected chi connectivity index (χ4v) is 6.53. The topological polar surface area (TPSA) is 82.6 Å². The molecule has 3 heterocycles. The SMILES string of the molecule is O=C(Nc1cccc(Cl)c1)N1CC[C@@H]2CN(Cc3cccnc3)S(=O)(=O)[C@@H]2CC1. The third kappa shape index (κ3) is 4.39. The van der Waals surface area contributed by atoms with Gasteiger partial charge in [0.1, 0.15) is 0 Å². The number of aromatic nitrogens is 1. The molecule has 9 heteroatoms. The van der Waals surface area contributed by atoms with E-state index in [4.69, 9.17) is 11.6 Å². The van der Waals surface area contributed by atoms with E-state index in [0.29, 0.717) is 49.7 Å². The number of nitrogens with zero attached hydrogens (tertiary/aromatic N) is 3. The van der Waals surface area contributed by atoms with Gasteiger partial charge in [0.05, 0.1) is 5.25 Å². The fraction of sp³-hybridized carbons (Fsp3) is 0.400. The summed E-state index contributed by atoms with van der Waals surface area (Å²) in [6.45, 7) is 1.78. The zero-order chi connectivity index (χ0) is 20.4. The standard InChI is InChI=1S/C20H23ClN4O3S/c21-17-4-1-5-18(11-17)23-20(26)24-9-6-16-14-25(13-15-3-2-8-22-12-15)29(27,28)19(16)7-10-24/h1-5,8,11-12,16,19H,6-7,9-10,13-14H2,(H,23,26)/t16-,19-/m1/s1. The number of anilines is 1. The number of hydrogen-bond donors (Lipinski definition) is 1. The Morgan fingerprint density at radius 3 is 2.79 bits per heavy atom. The molecule has 2 aliphatic rings. The number of fused-ring (bicyclic) bond motifs is 1. The first kappa shape index (κ1) is 20.1. The van der Waals surface area contributed by atoms with Crippen LogP contribution in [-0.2, 0) is 16.6 Å². The van der Waals surface area contributed by atoms with Crippen LogP contribution in [0, 0.1) is 5.92 Å². The van der Waals surface area contributed by atoms with Gasteiger partial charge in [-0.3, -0.25) is 4.98 Å². The highest BCUT2D eigenvalue weighted by molar-refractivity contribution is 7.90. The molecule has 0 bridgehead atoms. The number of hydrogen-bond acceptors (Lipinski definition) is 4. The Morgan fingerprint density at radius 1 is 1.21 bits per heavy atom. The number of rotatable bonds is 3. The maximum atomic E-state index is 13.1. The van der Waals surface area contributed by atoms with Gasteiger partial charge in [0.25, 0.3) is 0 Å². The van der Waals surface area contributed by atoms with Gasteiger partial charge < -0.3 is 10.2 Å². The highest BCUT2D eigenvalue weighted by atomic mass is 35.5. The molecule has 29 heavy (non-hydrogen) atoms. The largest absolute Gasteiger partial charge is 0.324 e. The van der Waals surface area contributed by atoms with Gasteiger partial charge in [0.2, 0.25) is 10.0 Å². The van der Waals surface area contributed by atoms with Crippen LogP contribution in [0.3, 0.4) is 0 Å². The Labute approximate surface area is 175 Å². The molecular weight excluding hydrogens is 412 g/mol. The zero-order valence-corrected chi connectivity index (χ0v) is 17.4. The Balaban J connectivity index is 1.41. The number of halogens is 1. The molecule has 7 nitrogen and oxygen atoms in total. The van der Waals surface area contributed by atoms with Crippen LogP contribution in [0.25, 0.3) is 0 Å². The predicted octanol–water partition coefficient (Wildman–Crippen LogP) is 3.19. The summed E-state index contributed by atoms with van der Waals surface area (Å²) in [5.41, 5.74) is 1.51. The van der Waals surface area contributed by atoms with E-state index in [9.17, 15) is 13.2 Å². The van der Waals surface area contributed by atoms with Crippen LogP contribution in [0.5, 0.6) is 0 Å². The van der Waals surface area contributed by atoms with Crippen molar-refractivity contribution in [3.8, 4) is 0 Å². The Kier molecular flexibility index (Phi) is 5.76. The number of nitrogens with one attached hydrogen (secondary N) is 1. The molecule has 1 aromatic carbocycles. The van der Waals surface area contributed by atoms with Crippen molar-refractivity contribution in [1.82, 2.24) is 14.2 Å². The number of benzene rings is 1. The summed E-state index contributed by atoms with van der Waals surface area (Å²) >= 11 is 5.97. The molecule has 2 saturated heterocycles. The van der Waals surface area contributed by atoms with Gasteiger partial charge in [0.15, 0.2) is 0 Å². The van der Waals surface area contributed by atoms with Crippen LogP contribution in [0.2, 0.25) is 5.02 Å². The normalized spacial score (nSPS) is 24.0. The molecule has 2 atom stereocenters. The second-order valence-electron chi connectivity index (χ2n) is 7.50. The maximum absolute atomic E-state index is 13.1. The molecule has 2 fully saturated rings. The predicted molar refractivity (Wildman–Crippen MR) is 112 cm³/mol. The molecule has 0 saturated carbocycles. The number of likely N-dealkylation sites (tertiary alicyclic amines) is 1. The number of sulfonamides is 1. The van der Waals surface area contributed by atoms with E-state index in [1.165, 1.54) is 0 Å². The first-order valence-corrected chi connectivity index (χ1v) is 11.5. The fourth-order valence-electron chi connectivity index (χ4n) is 4.12. The van der Waals surface area contributed by atoms with E-state index in [2.05, 4.69) is 10.3 Å². The minimum atomic E-state index is -3.39. The van der Waals surface area contributed by atoms with E-state index in [-0.39, 0.29) is 11.9 Å². The molecule has 0 aliphatic carbocycles. The van der Waals surface area contributed by atoms with Gasteiger partial charge in [-0.05, 0) is 48.6 Å². The smallest absolute Gasteiger partial charge is 0.321 e. The molecule has 2 amide bonds. The quantitative estimate of drug-likeness (QED) is 0.804. The average Bonchev–Trinajstić information content (AvgIpc) is 2.84. The summed E-state index contributed by atoms with van der Waals surface area (Å²) in [7, 11) is -3.39. The van der Waals surface area contributed by atoms with Crippen molar-refractivity contribution in [2.45, 2.75) is 24.6 Å². The van der Waals surface area contributed by atoms with E-state index >= 15 is 0 Å². The molecule has 1 N–H and O–H groups in total. The van der Waals surface area contributed by atoms with E-state index in [1.54, 1.807) is 45.9 Å². The minimum absolute atomic E-state index is 0.0284. The Hall–Kier alpha value is -2.16. The lowest BCUT2D eigenvalue weighted by atomic mass is 10.0. The van der Waals surface area contributed by atoms with Crippen molar-refractivity contribution in [3.05, 3.63) is 59.4 Å². The van der Waals surface area contributed by atoms with Crippen molar-refractivity contribution in [2.75, 3.05) is 25.0 Å². The van der Waals surface area contributed by atoms with Crippen LogP contribution < -0.4 is 5.32 Å². The van der Waals surface area contributed by atoms with Crippen LogP contribution in [0.15, 0.2) is 48.8 Å². The molecule has 0 unspecified atom stereocenters. The molecule has 0 radical (unpaired) electrons. The highest BCUT2D eigenvalue weighted by Crippen LogP contribution is 2.35. The monoisotopic (exact) mass is 434 g/mol. The third-order valence-electron chi connectivity index (χ3n) is 5.60. The lowest BCUT2D eigenvalue weighted by Gasteiger charge is -2.22. The second kappa shape index (κ2) is 8.30. The van der Waals surface area contributed by atoms with Gasteiger partial charge in [-0.1, -0.05) is 23.7 Å². The second-order valence-corrected chi connectivity index (χ2v) is 10.1. The molecule has 2 aromatic rings. The van der Waals surface area contributed by atoms with Gasteiger partial charge in [-0.15, -0.1) is 0 Å². The molecule has 4 rings (SSSR count). The zero-order valence-electron chi connectivity index (χ0n) is 15.9. The summed E-state index contributed by atoms with van der Waals surface area (Å²) < 4.78 is 27.7. The minimum Gasteiger partial charge on any atom is -0.324 e. The number of carbonyl (C=O) groups is 1. The van der Waals surface area contributed by atoms with Gasteiger partial charge in [0, 0.05) is 49.3 Å². The number of pyridine rings is 1. The highest BCUT2D eigenvalue weighted by Gasteiger charge is 2.47. The van der Waals surface area contributed by atoms with Crippen molar-refractivity contribution in [1.29, 1.82) is 0 Å².